The van der Waals surface area contributed by atoms with Gasteiger partial charge >= 0.3 is 0 Å². The van der Waals surface area contributed by atoms with Crippen molar-refractivity contribution in [2.24, 2.45) is 0 Å². The zero-order chi connectivity index (χ0) is 21.8. The van der Waals surface area contributed by atoms with E-state index < -0.39 is 10.0 Å². The van der Waals surface area contributed by atoms with Crippen LogP contribution in [0.4, 0.5) is 11.4 Å². The summed E-state index contributed by atoms with van der Waals surface area (Å²) >= 11 is 0. The summed E-state index contributed by atoms with van der Waals surface area (Å²) in [6.07, 6.45) is 2.71. The van der Waals surface area contributed by atoms with Gasteiger partial charge in [-0.1, -0.05) is 25.1 Å². The lowest BCUT2D eigenvalue weighted by Gasteiger charge is -2.18. The fourth-order valence-corrected chi connectivity index (χ4v) is 5.58. The Balaban J connectivity index is 1.51. The predicted molar refractivity (Wildman–Crippen MR) is 118 cm³/mol. The van der Waals surface area contributed by atoms with Gasteiger partial charge in [0.25, 0.3) is 11.6 Å². The Labute approximate surface area is 180 Å². The fraction of sp³-hybridized carbons (Fsp3) is 0.409. The number of pyridine rings is 1. The molecule has 8 nitrogen and oxygen atoms in total. The third-order valence-corrected chi connectivity index (χ3v) is 7.64. The molecule has 5 rings (SSSR count). The van der Waals surface area contributed by atoms with E-state index in [1.807, 2.05) is 19.9 Å². The minimum Gasteiger partial charge on any atom is -0.335 e. The normalized spacial score (nSPS) is 18.1. The summed E-state index contributed by atoms with van der Waals surface area (Å²) in [6, 6.07) is 8.77. The molecule has 0 unspecified atom stereocenters. The average Bonchev–Trinajstić information content (AvgIpc) is 3.39. The van der Waals surface area contributed by atoms with E-state index in [1.165, 1.54) is 4.31 Å². The molecule has 1 aliphatic heterocycles. The Morgan fingerprint density at radius 2 is 2.06 bits per heavy atom. The van der Waals surface area contributed by atoms with Gasteiger partial charge < -0.3 is 9.84 Å². The van der Waals surface area contributed by atoms with Crippen molar-refractivity contribution in [3.63, 3.8) is 0 Å². The molecule has 1 saturated heterocycles. The van der Waals surface area contributed by atoms with E-state index in [-0.39, 0.29) is 17.6 Å². The summed E-state index contributed by atoms with van der Waals surface area (Å²) < 4.78 is 31.4. The molecule has 1 amide bonds. The molecule has 9 heteroatoms. The third kappa shape index (κ3) is 3.67. The van der Waals surface area contributed by atoms with E-state index in [4.69, 9.17) is 4.52 Å². The van der Waals surface area contributed by atoms with Crippen LogP contribution in [0.2, 0.25) is 0 Å². The molecule has 0 bridgehead atoms. The van der Waals surface area contributed by atoms with Crippen molar-refractivity contribution in [3.8, 4) is 0 Å². The molecular formula is C22H24N4O4S. The van der Waals surface area contributed by atoms with Gasteiger partial charge in [-0.15, -0.1) is 0 Å². The van der Waals surface area contributed by atoms with Crippen LogP contribution in [0.5, 0.6) is 0 Å². The highest BCUT2D eigenvalue weighted by Gasteiger charge is 2.30. The highest BCUT2D eigenvalue weighted by atomic mass is 32.2. The number of nitrogens with zero attached hydrogens (tertiary/aromatic N) is 3. The van der Waals surface area contributed by atoms with E-state index in [0.717, 1.165) is 18.5 Å². The summed E-state index contributed by atoms with van der Waals surface area (Å²) in [6.45, 7) is 4.44. The topological polar surface area (TPSA) is 105 Å². The van der Waals surface area contributed by atoms with Gasteiger partial charge in [0, 0.05) is 23.8 Å². The Morgan fingerprint density at radius 1 is 1.26 bits per heavy atom. The molecule has 3 heterocycles. The number of aromatic nitrogens is 2. The lowest BCUT2D eigenvalue weighted by atomic mass is 10.0. The van der Waals surface area contributed by atoms with Gasteiger partial charge in [0.1, 0.15) is 0 Å². The molecule has 2 fully saturated rings. The number of rotatable bonds is 5. The van der Waals surface area contributed by atoms with Crippen molar-refractivity contribution in [2.75, 3.05) is 21.9 Å². The molecule has 1 aliphatic carbocycles. The summed E-state index contributed by atoms with van der Waals surface area (Å²) in [7, 11) is -3.29. The molecule has 2 aromatic heterocycles. The van der Waals surface area contributed by atoms with E-state index >= 15 is 0 Å². The highest BCUT2D eigenvalue weighted by Crippen LogP contribution is 2.41. The molecule has 0 radical (unpaired) electrons. The molecule has 3 aromatic rings. The van der Waals surface area contributed by atoms with Gasteiger partial charge in [-0.25, -0.2) is 13.4 Å². The van der Waals surface area contributed by atoms with E-state index in [9.17, 15) is 13.2 Å². The summed E-state index contributed by atoms with van der Waals surface area (Å²) in [5.74, 6) is 0.284. The van der Waals surface area contributed by atoms with Gasteiger partial charge in [-0.3, -0.25) is 9.10 Å². The number of benzene rings is 1. The van der Waals surface area contributed by atoms with Crippen LogP contribution in [-0.2, 0) is 10.0 Å². The number of carbonyl (C=O) groups excluding carboxylic acids is 1. The Kier molecular flexibility index (Phi) is 4.73. The fourth-order valence-electron chi connectivity index (χ4n) is 4.02. The van der Waals surface area contributed by atoms with Crippen LogP contribution < -0.4 is 9.62 Å². The molecule has 1 N–H and O–H groups in total. The van der Waals surface area contributed by atoms with Gasteiger partial charge in [0.15, 0.2) is 0 Å². The van der Waals surface area contributed by atoms with Crippen molar-refractivity contribution >= 4 is 38.4 Å². The van der Waals surface area contributed by atoms with Crippen LogP contribution in [0, 0.1) is 0 Å². The number of amides is 1. The quantitative estimate of drug-likeness (QED) is 0.642. The van der Waals surface area contributed by atoms with Crippen molar-refractivity contribution in [3.05, 3.63) is 47.3 Å². The number of hydrogen-bond donors (Lipinski definition) is 1. The first-order valence-electron chi connectivity index (χ1n) is 10.6. The first-order valence-corrected chi connectivity index (χ1v) is 12.2. The molecule has 1 saturated carbocycles. The Bertz CT molecular complexity index is 1280. The molecule has 2 aliphatic rings. The maximum Gasteiger partial charge on any atom is 0.259 e. The number of anilines is 2. The molecule has 31 heavy (non-hydrogen) atoms. The van der Waals surface area contributed by atoms with Gasteiger partial charge in [0.05, 0.1) is 28.1 Å². The lowest BCUT2D eigenvalue weighted by molar-refractivity contribution is 0.102. The number of carbonyl (C=O) groups is 1. The van der Waals surface area contributed by atoms with Crippen molar-refractivity contribution in [1.29, 1.82) is 0 Å². The van der Waals surface area contributed by atoms with Crippen LogP contribution >= 0.6 is 0 Å². The Morgan fingerprint density at radius 3 is 2.74 bits per heavy atom. The van der Waals surface area contributed by atoms with E-state index in [0.29, 0.717) is 52.6 Å². The molecular weight excluding hydrogens is 416 g/mol. The summed E-state index contributed by atoms with van der Waals surface area (Å²) in [5, 5.41) is 7.72. The standard InChI is InChI=1S/C22H24N4O4S/c1-13(2)20-19-17(12-18(14-7-8-14)24-22(19)30-25-20)21(27)23-15-5-3-6-16(11-15)26-9-4-10-31(26,28)29/h3,5-6,11-14H,4,7-10H2,1-2H3,(H,23,27). The first-order chi connectivity index (χ1) is 14.8. The van der Waals surface area contributed by atoms with Gasteiger partial charge in [0.2, 0.25) is 10.0 Å². The predicted octanol–water partition coefficient (Wildman–Crippen LogP) is 4.02. The maximum atomic E-state index is 13.3. The second-order valence-electron chi connectivity index (χ2n) is 8.52. The monoisotopic (exact) mass is 440 g/mol. The van der Waals surface area contributed by atoms with Crippen molar-refractivity contribution < 1.29 is 17.7 Å². The second-order valence-corrected chi connectivity index (χ2v) is 10.5. The zero-order valence-corrected chi connectivity index (χ0v) is 18.3. The van der Waals surface area contributed by atoms with Gasteiger partial charge in [-0.2, -0.15) is 0 Å². The molecule has 0 atom stereocenters. The SMILES string of the molecule is CC(C)c1noc2nc(C3CC3)cc(C(=O)Nc3cccc(N4CCCS4(=O)=O)c3)c12. The smallest absolute Gasteiger partial charge is 0.259 e. The Hall–Kier alpha value is -2.94. The maximum absolute atomic E-state index is 13.3. The molecule has 1 aromatic carbocycles. The number of nitrogens with one attached hydrogen (secondary N) is 1. The average molecular weight is 441 g/mol. The first kappa shape index (κ1) is 20.0. The largest absolute Gasteiger partial charge is 0.335 e. The lowest BCUT2D eigenvalue weighted by Crippen LogP contribution is -2.25. The number of fused-ring (bicyclic) bond motifs is 1. The molecule has 162 valence electrons. The van der Waals surface area contributed by atoms with E-state index in [1.54, 1.807) is 24.3 Å². The van der Waals surface area contributed by atoms with Crippen molar-refractivity contribution in [1.82, 2.24) is 10.1 Å². The zero-order valence-electron chi connectivity index (χ0n) is 17.5. The summed E-state index contributed by atoms with van der Waals surface area (Å²) in [5.41, 5.74) is 3.51. The van der Waals surface area contributed by atoms with Crippen molar-refractivity contribution in [2.45, 2.75) is 44.9 Å². The second kappa shape index (κ2) is 7.33. The number of hydrogen-bond acceptors (Lipinski definition) is 6. The summed E-state index contributed by atoms with van der Waals surface area (Å²) in [4.78, 5) is 17.9. The van der Waals surface area contributed by atoms with Crippen LogP contribution in [-0.4, -0.2) is 36.8 Å². The van der Waals surface area contributed by atoms with Gasteiger partial charge in [-0.05, 0) is 49.4 Å². The van der Waals surface area contributed by atoms with Crippen LogP contribution in [0.3, 0.4) is 0 Å². The minimum absolute atomic E-state index is 0.0741. The number of sulfonamides is 1. The highest BCUT2D eigenvalue weighted by molar-refractivity contribution is 7.93. The minimum atomic E-state index is -3.29. The third-order valence-electron chi connectivity index (χ3n) is 5.77. The van der Waals surface area contributed by atoms with E-state index in [2.05, 4.69) is 15.5 Å². The van der Waals surface area contributed by atoms with Crippen LogP contribution in [0.1, 0.15) is 66.7 Å². The van der Waals surface area contributed by atoms with Crippen LogP contribution in [0.15, 0.2) is 34.9 Å². The molecule has 0 spiro atoms. The van der Waals surface area contributed by atoms with Crippen LogP contribution in [0.25, 0.3) is 11.1 Å².